The van der Waals surface area contributed by atoms with Gasteiger partial charge >= 0.3 is 5.97 Å². The number of benzene rings is 1. The Kier molecular flexibility index (Phi) is 3.31. The van der Waals surface area contributed by atoms with Crippen LogP contribution in [0.5, 0.6) is 0 Å². The van der Waals surface area contributed by atoms with Gasteiger partial charge in [0.2, 0.25) is 0 Å². The Bertz CT molecular complexity index is 439. The van der Waals surface area contributed by atoms with Crippen molar-refractivity contribution in [3.63, 3.8) is 0 Å². The first kappa shape index (κ1) is 12.2. The maximum Gasteiger partial charge on any atom is 0.344 e. The first-order chi connectivity index (χ1) is 7.45. The fourth-order valence-electron chi connectivity index (χ4n) is 1.11. The number of rotatable bonds is 2. The van der Waals surface area contributed by atoms with E-state index in [-0.39, 0.29) is 0 Å². The molecule has 1 aromatic carbocycles. The number of hydrogen-bond donors (Lipinski definition) is 0. The van der Waals surface area contributed by atoms with Crippen molar-refractivity contribution < 1.29 is 27.1 Å². The fraction of sp³-hybridized carbons (Fsp3) is 0.100. The highest BCUT2D eigenvalue weighted by Gasteiger charge is 2.28. The van der Waals surface area contributed by atoms with E-state index in [1.807, 2.05) is 0 Å². The van der Waals surface area contributed by atoms with Crippen molar-refractivity contribution in [1.29, 1.82) is 0 Å². The van der Waals surface area contributed by atoms with Gasteiger partial charge in [-0.05, 0) is 0 Å². The normalized spacial score (nSPS) is 10.1. The van der Waals surface area contributed by atoms with Crippen molar-refractivity contribution in [3.8, 4) is 0 Å². The zero-order valence-electron chi connectivity index (χ0n) is 8.11. The smallest absolute Gasteiger partial charge is 0.344 e. The average Bonchev–Trinajstić information content (AvgIpc) is 2.27. The molecule has 2 nitrogen and oxygen atoms in total. The Labute approximate surface area is 88.1 Å². The highest BCUT2D eigenvalue weighted by molar-refractivity contribution is 5.90. The largest absolute Gasteiger partial charge is 0.465 e. The lowest BCUT2D eigenvalue weighted by Crippen LogP contribution is -2.13. The second-order valence-corrected chi connectivity index (χ2v) is 2.74. The van der Waals surface area contributed by atoms with Crippen molar-refractivity contribution in [3.05, 3.63) is 41.0 Å². The molecule has 0 aliphatic carbocycles. The monoisotopic (exact) mass is 234 g/mol. The van der Waals surface area contributed by atoms with Crippen molar-refractivity contribution >= 4 is 12.0 Å². The summed E-state index contributed by atoms with van der Waals surface area (Å²) in [6.07, 6.45) is 0.609. The molecule has 0 saturated carbocycles. The van der Waals surface area contributed by atoms with Crippen molar-refractivity contribution in [2.45, 2.75) is 0 Å². The van der Waals surface area contributed by atoms with Gasteiger partial charge in [-0.3, -0.25) is 0 Å². The minimum atomic E-state index is -1.80. The molecule has 1 rings (SSSR count). The molecule has 0 N–H and O–H groups in total. The fourth-order valence-corrected chi connectivity index (χ4v) is 1.11. The van der Waals surface area contributed by atoms with Crippen LogP contribution in [0, 0.1) is 23.3 Å². The van der Waals surface area contributed by atoms with E-state index in [1.165, 1.54) is 0 Å². The minimum absolute atomic E-state index is 0.609. The van der Waals surface area contributed by atoms with Crippen molar-refractivity contribution in [2.24, 2.45) is 0 Å². The lowest BCUT2D eigenvalue weighted by Gasteiger charge is -2.07. The predicted octanol–water partition coefficient (Wildman–Crippen LogP) is 2.67. The Hall–Kier alpha value is -1.85. The van der Waals surface area contributed by atoms with Gasteiger partial charge in [-0.2, -0.15) is 0 Å². The van der Waals surface area contributed by atoms with Crippen LogP contribution in [-0.4, -0.2) is 13.1 Å². The van der Waals surface area contributed by atoms with Gasteiger partial charge in [-0.25, -0.2) is 22.4 Å². The first-order valence-corrected chi connectivity index (χ1v) is 4.02. The molecule has 0 aromatic heterocycles. The summed E-state index contributed by atoms with van der Waals surface area (Å²) >= 11 is 0. The standard InChI is InChI=1S/C10H6F4O2/c1-3-4-6(11)8(13)5(10(15)16-2)9(14)7(4)12/h3H,1H2,2H3. The molecule has 0 amide bonds. The maximum absolute atomic E-state index is 13.2. The molecule has 6 heteroatoms. The quantitative estimate of drug-likeness (QED) is 0.446. The van der Waals surface area contributed by atoms with Crippen LogP contribution >= 0.6 is 0 Å². The molecule has 0 atom stereocenters. The molecule has 0 unspecified atom stereocenters. The van der Waals surface area contributed by atoms with E-state index < -0.39 is 40.4 Å². The topological polar surface area (TPSA) is 26.3 Å². The zero-order chi connectivity index (χ0) is 12.5. The highest BCUT2D eigenvalue weighted by Crippen LogP contribution is 2.25. The third kappa shape index (κ3) is 1.66. The number of halogens is 4. The molecule has 16 heavy (non-hydrogen) atoms. The highest BCUT2D eigenvalue weighted by atomic mass is 19.2. The summed E-state index contributed by atoms with van der Waals surface area (Å²) in [5.74, 6) is -8.48. The summed E-state index contributed by atoms with van der Waals surface area (Å²) in [6, 6.07) is 0. The Balaban J connectivity index is 3.66. The molecule has 86 valence electrons. The molecule has 0 radical (unpaired) electrons. The van der Waals surface area contributed by atoms with E-state index >= 15 is 0 Å². The molecule has 0 fully saturated rings. The van der Waals surface area contributed by atoms with Crippen LogP contribution in [0.4, 0.5) is 17.6 Å². The number of methoxy groups -OCH3 is 1. The van der Waals surface area contributed by atoms with Crippen molar-refractivity contribution in [2.75, 3.05) is 7.11 Å². The minimum Gasteiger partial charge on any atom is -0.465 e. The van der Waals surface area contributed by atoms with Gasteiger partial charge in [-0.15, -0.1) is 0 Å². The van der Waals surface area contributed by atoms with Crippen LogP contribution < -0.4 is 0 Å². The van der Waals surface area contributed by atoms with Crippen LogP contribution in [-0.2, 0) is 4.74 Å². The van der Waals surface area contributed by atoms with Gasteiger partial charge in [0, 0.05) is 0 Å². The van der Waals surface area contributed by atoms with E-state index in [9.17, 15) is 22.4 Å². The molecule has 0 bridgehead atoms. The summed E-state index contributed by atoms with van der Waals surface area (Å²) in [4.78, 5) is 10.9. The van der Waals surface area contributed by atoms with E-state index in [2.05, 4.69) is 11.3 Å². The van der Waals surface area contributed by atoms with Crippen LogP contribution in [0.25, 0.3) is 6.08 Å². The van der Waals surface area contributed by atoms with E-state index in [4.69, 9.17) is 0 Å². The number of carbonyl (C=O) groups is 1. The van der Waals surface area contributed by atoms with Gasteiger partial charge in [0.1, 0.15) is 5.56 Å². The second kappa shape index (κ2) is 4.34. The molecular formula is C10H6F4O2. The van der Waals surface area contributed by atoms with Crippen LogP contribution in [0.15, 0.2) is 6.58 Å². The Morgan fingerprint density at radius 1 is 1.12 bits per heavy atom. The average molecular weight is 234 g/mol. The first-order valence-electron chi connectivity index (χ1n) is 4.02. The lowest BCUT2D eigenvalue weighted by molar-refractivity contribution is 0.0587. The summed E-state index contributed by atoms with van der Waals surface area (Å²) < 4.78 is 56.7. The molecule has 1 aromatic rings. The second-order valence-electron chi connectivity index (χ2n) is 2.74. The third-order valence-electron chi connectivity index (χ3n) is 1.89. The number of carbonyl (C=O) groups excluding carboxylic acids is 1. The molecule has 0 aliphatic heterocycles. The van der Waals surface area contributed by atoms with E-state index in [1.54, 1.807) is 0 Å². The van der Waals surface area contributed by atoms with Gasteiger partial charge < -0.3 is 4.74 Å². The Morgan fingerprint density at radius 2 is 1.56 bits per heavy atom. The summed E-state index contributed by atoms with van der Waals surface area (Å²) in [6.45, 7) is 3.00. The van der Waals surface area contributed by atoms with E-state index in [0.29, 0.717) is 6.08 Å². The van der Waals surface area contributed by atoms with E-state index in [0.717, 1.165) is 7.11 Å². The molecule has 0 saturated heterocycles. The summed E-state index contributed by atoms with van der Waals surface area (Å²) in [7, 11) is 0.832. The van der Waals surface area contributed by atoms with Crippen LogP contribution in [0.3, 0.4) is 0 Å². The number of ether oxygens (including phenoxy) is 1. The molecule has 0 spiro atoms. The van der Waals surface area contributed by atoms with Gasteiger partial charge in [-0.1, -0.05) is 12.7 Å². The lowest BCUT2D eigenvalue weighted by atomic mass is 10.1. The SMILES string of the molecule is C=Cc1c(F)c(F)c(C(=O)OC)c(F)c1F. The van der Waals surface area contributed by atoms with Crippen LogP contribution in [0.1, 0.15) is 15.9 Å². The zero-order valence-corrected chi connectivity index (χ0v) is 8.11. The number of hydrogen-bond acceptors (Lipinski definition) is 2. The maximum atomic E-state index is 13.2. The predicted molar refractivity (Wildman–Crippen MR) is 47.7 cm³/mol. The summed E-state index contributed by atoms with van der Waals surface area (Å²) in [5, 5.41) is 0. The van der Waals surface area contributed by atoms with Gasteiger partial charge in [0.15, 0.2) is 23.3 Å². The van der Waals surface area contributed by atoms with Gasteiger partial charge in [0.05, 0.1) is 12.7 Å². The molecule has 0 heterocycles. The van der Waals surface area contributed by atoms with Crippen molar-refractivity contribution in [1.82, 2.24) is 0 Å². The van der Waals surface area contributed by atoms with Crippen LogP contribution in [0.2, 0.25) is 0 Å². The number of esters is 1. The van der Waals surface area contributed by atoms with Gasteiger partial charge in [0.25, 0.3) is 0 Å². The molecular weight excluding hydrogens is 228 g/mol. The summed E-state index contributed by atoms with van der Waals surface area (Å²) in [5.41, 5.74) is -2.37. The molecule has 0 aliphatic rings. The Morgan fingerprint density at radius 3 is 1.88 bits per heavy atom. The third-order valence-corrected chi connectivity index (χ3v) is 1.89.